The molecule has 3 aromatic rings. The molecule has 0 bridgehead atoms. The van der Waals surface area contributed by atoms with Crippen molar-refractivity contribution in [2.24, 2.45) is 5.11 Å². The monoisotopic (exact) mass is 488 g/mol. The molecule has 0 aliphatic carbocycles. The lowest BCUT2D eigenvalue weighted by Gasteiger charge is -2.45. The third-order valence-electron chi connectivity index (χ3n) is 6.06. The number of carbonyl (C=O) groups is 2. The Kier molecular flexibility index (Phi) is 8.28. The summed E-state index contributed by atoms with van der Waals surface area (Å²) in [6.45, 7) is -0.437. The summed E-state index contributed by atoms with van der Waals surface area (Å²) in [4.78, 5) is 30.6. The molecule has 1 aliphatic rings. The van der Waals surface area contributed by atoms with Crippen LogP contribution in [0.25, 0.3) is 10.4 Å². The topological polar surface area (TPSA) is 105 Å². The van der Waals surface area contributed by atoms with E-state index >= 15 is 0 Å². The number of azide groups is 1. The van der Waals surface area contributed by atoms with Crippen LogP contribution in [0.5, 0.6) is 0 Å². The SMILES string of the molecule is [N-]=[N+]=N[C@H]1CN(Cc2ccccc2)[C@H](CF)C(OC(=O)c2ccccc2)[C@@H]1OC(=O)c1ccccc1. The van der Waals surface area contributed by atoms with E-state index in [2.05, 4.69) is 10.0 Å². The van der Waals surface area contributed by atoms with Gasteiger partial charge in [-0.05, 0) is 35.4 Å². The van der Waals surface area contributed by atoms with E-state index in [9.17, 15) is 19.5 Å². The van der Waals surface area contributed by atoms with Crippen LogP contribution in [0, 0.1) is 0 Å². The standard InChI is InChI=1S/C27H25FN4O4/c28-16-23-25(36-27(34)21-14-8-3-9-15-21)24(35-26(33)20-12-6-2-7-13-20)22(30-31-29)18-32(23)17-19-10-4-1-5-11-19/h1-15,22-25H,16-18H2/t22-,23+,24+,25?/m0/s1. The van der Waals surface area contributed by atoms with Gasteiger partial charge in [-0.1, -0.05) is 71.8 Å². The van der Waals surface area contributed by atoms with E-state index < -0.39 is 42.9 Å². The number of nitrogens with zero attached hydrogens (tertiary/aromatic N) is 4. The fourth-order valence-electron chi connectivity index (χ4n) is 4.30. The van der Waals surface area contributed by atoms with Crippen molar-refractivity contribution in [3.63, 3.8) is 0 Å². The molecule has 3 aromatic carbocycles. The van der Waals surface area contributed by atoms with Crippen LogP contribution in [0.4, 0.5) is 4.39 Å². The predicted molar refractivity (Wildman–Crippen MR) is 131 cm³/mol. The van der Waals surface area contributed by atoms with Crippen molar-refractivity contribution in [2.75, 3.05) is 13.2 Å². The lowest BCUT2D eigenvalue weighted by molar-refractivity contribution is -0.108. The highest BCUT2D eigenvalue weighted by molar-refractivity contribution is 5.90. The molecular weight excluding hydrogens is 463 g/mol. The molecule has 9 heteroatoms. The van der Waals surface area contributed by atoms with Crippen molar-refractivity contribution in [2.45, 2.75) is 30.8 Å². The Bertz CT molecular complexity index is 1210. The third-order valence-corrected chi connectivity index (χ3v) is 6.06. The fraction of sp³-hybridized carbons (Fsp3) is 0.259. The van der Waals surface area contributed by atoms with Gasteiger partial charge in [-0.3, -0.25) is 4.90 Å². The second kappa shape index (κ2) is 12.0. The molecule has 36 heavy (non-hydrogen) atoms. The summed E-state index contributed by atoms with van der Waals surface area (Å²) in [6.07, 6.45) is -2.41. The van der Waals surface area contributed by atoms with Crippen LogP contribution in [0.2, 0.25) is 0 Å². The van der Waals surface area contributed by atoms with E-state index in [1.54, 1.807) is 65.6 Å². The van der Waals surface area contributed by atoms with Crippen molar-refractivity contribution >= 4 is 11.9 Å². The van der Waals surface area contributed by atoms with Gasteiger partial charge in [0, 0.05) is 18.0 Å². The summed E-state index contributed by atoms with van der Waals surface area (Å²) < 4.78 is 26.1. The van der Waals surface area contributed by atoms with Gasteiger partial charge in [0.1, 0.15) is 6.67 Å². The minimum atomic E-state index is -1.22. The summed E-state index contributed by atoms with van der Waals surface area (Å²) in [6, 6.07) is 24.1. The van der Waals surface area contributed by atoms with Crippen molar-refractivity contribution < 1.29 is 23.5 Å². The first-order valence-corrected chi connectivity index (χ1v) is 11.5. The highest BCUT2D eigenvalue weighted by atomic mass is 19.1. The molecule has 0 saturated carbocycles. The van der Waals surface area contributed by atoms with Crippen LogP contribution in [0.15, 0.2) is 96.1 Å². The van der Waals surface area contributed by atoms with Crippen LogP contribution in [0.1, 0.15) is 26.3 Å². The number of likely N-dealkylation sites (tertiary alicyclic amines) is 1. The number of benzene rings is 3. The Morgan fingerprint density at radius 2 is 1.36 bits per heavy atom. The van der Waals surface area contributed by atoms with Gasteiger partial charge < -0.3 is 9.47 Å². The smallest absolute Gasteiger partial charge is 0.338 e. The van der Waals surface area contributed by atoms with Crippen molar-refractivity contribution in [1.29, 1.82) is 0 Å². The van der Waals surface area contributed by atoms with Gasteiger partial charge >= 0.3 is 11.9 Å². The average Bonchev–Trinajstić information content (AvgIpc) is 2.92. The first kappa shape index (κ1) is 24.9. The van der Waals surface area contributed by atoms with Crippen LogP contribution in [-0.4, -0.2) is 54.3 Å². The Labute approximate surface area is 207 Å². The Balaban J connectivity index is 1.68. The Hall–Kier alpha value is -4.20. The summed E-state index contributed by atoms with van der Waals surface area (Å²) in [5.74, 6) is -1.38. The Morgan fingerprint density at radius 3 is 1.86 bits per heavy atom. The van der Waals surface area contributed by atoms with E-state index in [0.717, 1.165) is 5.56 Å². The van der Waals surface area contributed by atoms with Gasteiger partial charge in [0.2, 0.25) is 0 Å². The minimum Gasteiger partial charge on any atom is -0.454 e. The molecule has 0 amide bonds. The molecular formula is C27H25FN4O4. The van der Waals surface area contributed by atoms with E-state index in [0.29, 0.717) is 6.54 Å². The molecule has 1 unspecified atom stereocenters. The first-order valence-electron chi connectivity index (χ1n) is 11.5. The highest BCUT2D eigenvalue weighted by Gasteiger charge is 2.48. The number of carbonyl (C=O) groups excluding carboxylic acids is 2. The van der Waals surface area contributed by atoms with E-state index in [-0.39, 0.29) is 17.7 Å². The van der Waals surface area contributed by atoms with Gasteiger partial charge in [-0.2, -0.15) is 0 Å². The number of alkyl halides is 1. The zero-order chi connectivity index (χ0) is 25.3. The van der Waals surface area contributed by atoms with Crippen molar-refractivity contribution in [3.05, 3.63) is 118 Å². The molecule has 4 rings (SSSR count). The zero-order valence-corrected chi connectivity index (χ0v) is 19.4. The molecule has 1 heterocycles. The predicted octanol–water partition coefficient (Wildman–Crippen LogP) is 4.97. The summed E-state index contributed by atoms with van der Waals surface area (Å²) >= 11 is 0. The second-order valence-corrected chi connectivity index (χ2v) is 8.38. The Morgan fingerprint density at radius 1 is 0.861 bits per heavy atom. The van der Waals surface area contributed by atoms with E-state index in [4.69, 9.17) is 9.47 Å². The van der Waals surface area contributed by atoms with E-state index in [1.165, 1.54) is 0 Å². The molecule has 1 aliphatic heterocycles. The lowest BCUT2D eigenvalue weighted by atomic mass is 9.91. The number of piperidine rings is 1. The summed E-state index contributed by atoms with van der Waals surface area (Å²) in [7, 11) is 0. The normalized spacial score (nSPS) is 21.7. The summed E-state index contributed by atoms with van der Waals surface area (Å²) in [5.41, 5.74) is 10.7. The number of hydrogen-bond acceptors (Lipinski definition) is 6. The third kappa shape index (κ3) is 5.89. The van der Waals surface area contributed by atoms with Gasteiger partial charge in [0.05, 0.1) is 23.2 Å². The molecule has 1 fully saturated rings. The molecule has 184 valence electrons. The number of rotatable bonds is 8. The zero-order valence-electron chi connectivity index (χ0n) is 19.4. The lowest BCUT2D eigenvalue weighted by Crippen LogP contribution is -2.63. The quantitative estimate of drug-likeness (QED) is 0.193. The second-order valence-electron chi connectivity index (χ2n) is 8.38. The van der Waals surface area contributed by atoms with Crippen LogP contribution >= 0.6 is 0 Å². The minimum absolute atomic E-state index is 0.111. The van der Waals surface area contributed by atoms with Crippen LogP contribution in [-0.2, 0) is 16.0 Å². The van der Waals surface area contributed by atoms with Crippen LogP contribution in [0.3, 0.4) is 0 Å². The number of ether oxygens (including phenoxy) is 2. The number of halogens is 1. The van der Waals surface area contributed by atoms with Gasteiger partial charge in [-0.25, -0.2) is 14.0 Å². The molecule has 0 spiro atoms. The maximum atomic E-state index is 14.6. The molecule has 4 atom stereocenters. The van der Waals surface area contributed by atoms with Crippen molar-refractivity contribution in [3.8, 4) is 0 Å². The van der Waals surface area contributed by atoms with Crippen molar-refractivity contribution in [1.82, 2.24) is 4.90 Å². The summed E-state index contributed by atoms with van der Waals surface area (Å²) in [5, 5.41) is 3.85. The van der Waals surface area contributed by atoms with Gasteiger partial charge in [-0.15, -0.1) is 0 Å². The molecule has 0 aromatic heterocycles. The molecule has 0 N–H and O–H groups in total. The number of esters is 2. The molecule has 8 nitrogen and oxygen atoms in total. The largest absolute Gasteiger partial charge is 0.454 e. The van der Waals surface area contributed by atoms with Gasteiger partial charge in [0.15, 0.2) is 12.2 Å². The molecule has 0 radical (unpaired) electrons. The maximum Gasteiger partial charge on any atom is 0.338 e. The average molecular weight is 489 g/mol. The van der Waals surface area contributed by atoms with Crippen LogP contribution < -0.4 is 0 Å². The highest BCUT2D eigenvalue weighted by Crippen LogP contribution is 2.29. The van der Waals surface area contributed by atoms with E-state index in [1.807, 2.05) is 30.3 Å². The first-order chi connectivity index (χ1) is 17.6. The molecule has 1 saturated heterocycles. The maximum absolute atomic E-state index is 14.6. The van der Waals surface area contributed by atoms with Gasteiger partial charge in [0.25, 0.3) is 0 Å². The number of hydrogen-bond donors (Lipinski definition) is 0. The fourth-order valence-corrected chi connectivity index (χ4v) is 4.30.